The van der Waals surface area contributed by atoms with Gasteiger partial charge in [-0.05, 0) is 56.0 Å². The molecule has 2 heteroatoms. The molecule has 0 heterocycles. The van der Waals surface area contributed by atoms with E-state index in [1.54, 1.807) is 0 Å². The van der Waals surface area contributed by atoms with E-state index in [1.807, 2.05) is 19.1 Å². The topological polar surface area (TPSA) is 20.3 Å². The monoisotopic (exact) mass is 351 g/mol. The molecule has 0 saturated carbocycles. The summed E-state index contributed by atoms with van der Waals surface area (Å²) in [4.78, 5) is 15.1. The Balaban J connectivity index is 1.97. The van der Waals surface area contributed by atoms with Crippen LogP contribution in [0.2, 0.25) is 0 Å². The molecular formula is C24H33NO. The van der Waals surface area contributed by atoms with E-state index >= 15 is 0 Å². The van der Waals surface area contributed by atoms with Gasteiger partial charge in [-0.25, -0.2) is 0 Å². The molecule has 26 heavy (non-hydrogen) atoms. The molecule has 0 N–H and O–H groups in total. The molecule has 0 aliphatic heterocycles. The van der Waals surface area contributed by atoms with Gasteiger partial charge in [-0.2, -0.15) is 0 Å². The lowest BCUT2D eigenvalue weighted by molar-refractivity contribution is 0.0952. The molecule has 1 atom stereocenters. The van der Waals surface area contributed by atoms with E-state index in [0.717, 1.165) is 31.5 Å². The van der Waals surface area contributed by atoms with Crippen molar-refractivity contribution in [3.05, 3.63) is 58.5 Å². The van der Waals surface area contributed by atoms with Crippen LogP contribution in [0.5, 0.6) is 0 Å². The molecule has 1 aliphatic rings. The van der Waals surface area contributed by atoms with Crippen LogP contribution in [0, 0.1) is 5.92 Å². The summed E-state index contributed by atoms with van der Waals surface area (Å²) in [5.41, 5.74) is 0.847. The van der Waals surface area contributed by atoms with Crippen molar-refractivity contribution >= 4 is 17.9 Å². The van der Waals surface area contributed by atoms with Crippen LogP contribution in [0.3, 0.4) is 0 Å². The fourth-order valence-electron chi connectivity index (χ4n) is 3.33. The number of ketones is 1. The Kier molecular flexibility index (Phi) is 8.06. The molecule has 1 aliphatic carbocycles. The largest absolute Gasteiger partial charge is 0.300 e. The number of rotatable bonds is 9. The summed E-state index contributed by atoms with van der Waals surface area (Å²) in [5, 5.41) is 2.48. The maximum atomic E-state index is 12.7. The van der Waals surface area contributed by atoms with Gasteiger partial charge in [-0.15, -0.1) is 0 Å². The summed E-state index contributed by atoms with van der Waals surface area (Å²) >= 11 is 0. The van der Waals surface area contributed by atoms with Gasteiger partial charge in [0.05, 0.1) is 0 Å². The Morgan fingerprint density at radius 2 is 1.85 bits per heavy atom. The summed E-state index contributed by atoms with van der Waals surface area (Å²) in [5.74, 6) is 0.715. The van der Waals surface area contributed by atoms with Crippen molar-refractivity contribution in [1.82, 2.24) is 4.90 Å². The van der Waals surface area contributed by atoms with Crippen LogP contribution in [0.25, 0.3) is 12.2 Å². The molecular weight excluding hydrogens is 318 g/mol. The van der Waals surface area contributed by atoms with Crippen molar-refractivity contribution in [3.8, 4) is 0 Å². The molecule has 0 fully saturated rings. The van der Waals surface area contributed by atoms with Crippen LogP contribution in [0.4, 0.5) is 0 Å². The minimum Gasteiger partial charge on any atom is -0.300 e. The van der Waals surface area contributed by atoms with Crippen LogP contribution in [0.1, 0.15) is 57.3 Å². The molecule has 2 rings (SSSR count). The fraction of sp³-hybridized carbons (Fsp3) is 0.458. The van der Waals surface area contributed by atoms with E-state index in [0.29, 0.717) is 18.4 Å². The highest BCUT2D eigenvalue weighted by molar-refractivity contribution is 5.96. The van der Waals surface area contributed by atoms with Gasteiger partial charge in [-0.3, -0.25) is 9.69 Å². The number of benzene rings is 1. The first-order chi connectivity index (χ1) is 12.5. The van der Waals surface area contributed by atoms with Crippen molar-refractivity contribution in [2.45, 2.75) is 53.0 Å². The maximum absolute atomic E-state index is 12.7. The third-order valence-electron chi connectivity index (χ3n) is 4.93. The quantitative estimate of drug-likeness (QED) is 0.493. The van der Waals surface area contributed by atoms with Crippen molar-refractivity contribution < 1.29 is 4.79 Å². The minimum atomic E-state index is 0.245. The zero-order valence-electron chi connectivity index (χ0n) is 16.7. The smallest absolute Gasteiger partial charge is 0.164 e. The van der Waals surface area contributed by atoms with E-state index in [9.17, 15) is 4.79 Å². The highest BCUT2D eigenvalue weighted by atomic mass is 16.1. The molecule has 0 spiro atoms. The minimum absolute atomic E-state index is 0.245. The Hall–Kier alpha value is -1.93. The summed E-state index contributed by atoms with van der Waals surface area (Å²) in [6.45, 7) is 10.5. The van der Waals surface area contributed by atoms with Gasteiger partial charge in [0.15, 0.2) is 5.78 Å². The third-order valence-corrected chi connectivity index (χ3v) is 4.93. The number of hydrogen-bond donors (Lipinski definition) is 0. The van der Waals surface area contributed by atoms with E-state index in [2.05, 4.69) is 68.2 Å². The summed E-state index contributed by atoms with van der Waals surface area (Å²) in [6, 6.07) is 6.58. The fourth-order valence-corrected chi connectivity index (χ4v) is 3.33. The summed E-state index contributed by atoms with van der Waals surface area (Å²) in [7, 11) is 0. The van der Waals surface area contributed by atoms with Crippen LogP contribution in [0.15, 0.2) is 42.5 Å². The Morgan fingerprint density at radius 3 is 2.54 bits per heavy atom. The van der Waals surface area contributed by atoms with Gasteiger partial charge in [0.25, 0.3) is 0 Å². The highest BCUT2D eigenvalue weighted by Crippen LogP contribution is 2.09. The van der Waals surface area contributed by atoms with Crippen molar-refractivity contribution in [3.63, 3.8) is 0 Å². The second kappa shape index (κ2) is 10.3. The first-order valence-corrected chi connectivity index (χ1v) is 9.88. The zero-order chi connectivity index (χ0) is 18.9. The number of fused-ring (bicyclic) bond motifs is 1. The number of carbonyl (C=O) groups is 1. The number of carbonyl (C=O) groups excluding carboxylic acids is 1. The average Bonchev–Trinajstić information content (AvgIpc) is 2.64. The van der Waals surface area contributed by atoms with Gasteiger partial charge in [0.2, 0.25) is 0 Å². The average molecular weight is 352 g/mol. The van der Waals surface area contributed by atoms with Gasteiger partial charge < -0.3 is 0 Å². The van der Waals surface area contributed by atoms with Crippen LogP contribution < -0.4 is 10.4 Å². The maximum Gasteiger partial charge on any atom is 0.164 e. The predicted octanol–water partition coefficient (Wildman–Crippen LogP) is 4.09. The first kappa shape index (κ1) is 20.4. The lowest BCUT2D eigenvalue weighted by atomic mass is 10.0. The SMILES string of the molecule is C/C=C\C=C/C(C)CN(CCC(=O)c1ccc2c(c1)=CCCC=2)C(C)C. The predicted molar refractivity (Wildman–Crippen MR) is 113 cm³/mol. The first-order valence-electron chi connectivity index (χ1n) is 9.88. The Labute approximate surface area is 158 Å². The molecule has 140 valence electrons. The van der Waals surface area contributed by atoms with E-state index in [1.165, 1.54) is 10.4 Å². The second-order valence-corrected chi connectivity index (χ2v) is 7.48. The normalized spacial score (nSPS) is 15.3. The molecule has 1 aromatic rings. The lowest BCUT2D eigenvalue weighted by Gasteiger charge is -2.28. The van der Waals surface area contributed by atoms with Crippen LogP contribution >= 0.6 is 0 Å². The second-order valence-electron chi connectivity index (χ2n) is 7.48. The van der Waals surface area contributed by atoms with E-state index in [4.69, 9.17) is 0 Å². The molecule has 0 aromatic heterocycles. The Morgan fingerprint density at radius 1 is 1.12 bits per heavy atom. The summed E-state index contributed by atoms with van der Waals surface area (Å²) < 4.78 is 0. The molecule has 1 aromatic carbocycles. The van der Waals surface area contributed by atoms with Crippen molar-refractivity contribution in [2.75, 3.05) is 13.1 Å². The molecule has 0 radical (unpaired) electrons. The standard InChI is InChI=1S/C24H33NO/c1-5-6-7-10-20(4)18-25(19(2)3)16-15-24(26)23-14-13-21-11-8-9-12-22(21)17-23/h5-7,10-14,17,19-20H,8-9,15-16,18H2,1-4H3/b6-5-,10-7-. The third kappa shape index (κ3) is 6.10. The number of allylic oxidation sites excluding steroid dienone is 3. The van der Waals surface area contributed by atoms with Gasteiger partial charge in [-0.1, -0.05) is 55.5 Å². The molecule has 1 unspecified atom stereocenters. The molecule has 0 bridgehead atoms. The highest BCUT2D eigenvalue weighted by Gasteiger charge is 2.15. The lowest BCUT2D eigenvalue weighted by Crippen LogP contribution is -2.36. The van der Waals surface area contributed by atoms with Crippen molar-refractivity contribution in [1.29, 1.82) is 0 Å². The molecule has 0 saturated heterocycles. The van der Waals surface area contributed by atoms with Gasteiger partial charge in [0, 0.05) is 31.1 Å². The number of Topliss-reactive ketones (excluding diaryl/α,β-unsaturated/α-hetero) is 1. The van der Waals surface area contributed by atoms with Gasteiger partial charge >= 0.3 is 0 Å². The van der Waals surface area contributed by atoms with Crippen LogP contribution in [-0.2, 0) is 0 Å². The van der Waals surface area contributed by atoms with E-state index in [-0.39, 0.29) is 5.78 Å². The zero-order valence-corrected chi connectivity index (χ0v) is 16.7. The van der Waals surface area contributed by atoms with E-state index < -0.39 is 0 Å². The summed E-state index contributed by atoms with van der Waals surface area (Å²) in [6.07, 6.45) is 15.7. The van der Waals surface area contributed by atoms with Gasteiger partial charge in [0.1, 0.15) is 0 Å². The molecule has 0 amide bonds. The Bertz CT molecular complexity index is 770. The van der Waals surface area contributed by atoms with Crippen LogP contribution in [-0.4, -0.2) is 29.8 Å². The van der Waals surface area contributed by atoms with Crippen molar-refractivity contribution in [2.24, 2.45) is 5.92 Å². The number of nitrogens with zero attached hydrogens (tertiary/aromatic N) is 1. The molecule has 2 nitrogen and oxygen atoms in total. The number of hydrogen-bond acceptors (Lipinski definition) is 2.